The van der Waals surface area contributed by atoms with Crippen LogP contribution in [0.25, 0.3) is 5.69 Å². The number of nitrogens with zero attached hydrogens (tertiary/aromatic N) is 4. The fourth-order valence-electron chi connectivity index (χ4n) is 5.46. The molecule has 5 rings (SSSR count). The number of morpholine rings is 1. The molecule has 1 atom stereocenters. The predicted molar refractivity (Wildman–Crippen MR) is 157 cm³/mol. The third-order valence-corrected chi connectivity index (χ3v) is 8.74. The van der Waals surface area contributed by atoms with Gasteiger partial charge in [0.15, 0.2) is 0 Å². The molecule has 0 radical (unpaired) electrons. The van der Waals surface area contributed by atoms with Gasteiger partial charge >= 0.3 is 0 Å². The summed E-state index contributed by atoms with van der Waals surface area (Å²) in [4.78, 5) is 30.9. The molecule has 0 aliphatic carbocycles. The van der Waals surface area contributed by atoms with Crippen molar-refractivity contribution in [3.8, 4) is 5.69 Å². The lowest BCUT2D eigenvalue weighted by Gasteiger charge is -2.30. The Labute approximate surface area is 235 Å². The van der Waals surface area contributed by atoms with Gasteiger partial charge in [-0.3, -0.25) is 14.5 Å². The lowest BCUT2D eigenvalue weighted by molar-refractivity contribution is -0.134. The van der Waals surface area contributed by atoms with Crippen molar-refractivity contribution in [2.45, 2.75) is 52.2 Å². The molecule has 0 spiro atoms. The summed E-state index contributed by atoms with van der Waals surface area (Å²) in [5, 5.41) is 5.14. The maximum Gasteiger partial charge on any atom is 0.242 e. The zero-order chi connectivity index (χ0) is 27.9. The third kappa shape index (κ3) is 5.37. The molecule has 1 saturated heterocycles. The van der Waals surface area contributed by atoms with E-state index in [4.69, 9.17) is 9.84 Å². The lowest BCUT2D eigenvalue weighted by Crippen LogP contribution is -2.48. The second-order valence-electron chi connectivity index (χ2n) is 11.6. The summed E-state index contributed by atoms with van der Waals surface area (Å²) in [6, 6.07) is 14.6. The van der Waals surface area contributed by atoms with Crippen molar-refractivity contribution in [3.05, 3.63) is 76.0 Å². The average molecular weight is 547 g/mol. The van der Waals surface area contributed by atoms with Gasteiger partial charge < -0.3 is 9.64 Å². The number of fused-ring (bicyclic) bond motifs is 1. The minimum absolute atomic E-state index is 0.0208. The van der Waals surface area contributed by atoms with Crippen molar-refractivity contribution in [2.24, 2.45) is 0 Å². The fourth-order valence-corrected chi connectivity index (χ4v) is 6.75. The fraction of sp³-hybridized carbons (Fsp3) is 0.452. The number of carbonyl (C=O) groups excluding carboxylic acids is 2. The van der Waals surface area contributed by atoms with Crippen LogP contribution in [0.3, 0.4) is 0 Å². The molecule has 3 aromatic rings. The van der Waals surface area contributed by atoms with E-state index in [1.165, 1.54) is 11.1 Å². The van der Waals surface area contributed by atoms with E-state index in [0.29, 0.717) is 32.1 Å². The van der Waals surface area contributed by atoms with Crippen molar-refractivity contribution < 1.29 is 14.3 Å². The first kappa shape index (κ1) is 27.5. The molecular weight excluding hydrogens is 508 g/mol. The molecule has 0 bridgehead atoms. The molecule has 2 amide bonds. The van der Waals surface area contributed by atoms with Gasteiger partial charge in [0, 0.05) is 24.1 Å². The highest BCUT2D eigenvalue weighted by Crippen LogP contribution is 2.49. The van der Waals surface area contributed by atoms with Crippen LogP contribution in [0.4, 0.5) is 5.82 Å². The molecule has 206 valence electrons. The van der Waals surface area contributed by atoms with E-state index in [2.05, 4.69) is 77.9 Å². The van der Waals surface area contributed by atoms with Gasteiger partial charge in [-0.2, -0.15) is 5.10 Å². The summed E-state index contributed by atoms with van der Waals surface area (Å²) >= 11 is 1.62. The molecular formula is C31H38N4O3S. The van der Waals surface area contributed by atoms with Crippen LogP contribution in [0, 0.1) is 20.8 Å². The number of rotatable bonds is 4. The number of carbonyl (C=O) groups is 2. The van der Waals surface area contributed by atoms with Crippen LogP contribution in [0.15, 0.2) is 42.5 Å². The van der Waals surface area contributed by atoms with Crippen molar-refractivity contribution >= 4 is 29.4 Å². The number of amides is 2. The summed E-state index contributed by atoms with van der Waals surface area (Å²) in [5.41, 5.74) is 7.15. The third-order valence-electron chi connectivity index (χ3n) is 7.51. The first-order valence-electron chi connectivity index (χ1n) is 13.6. The normalized spacial score (nSPS) is 18.2. The molecule has 39 heavy (non-hydrogen) atoms. The van der Waals surface area contributed by atoms with Crippen LogP contribution in [-0.4, -0.2) is 65.1 Å². The van der Waals surface area contributed by atoms with Crippen molar-refractivity contribution in [1.29, 1.82) is 0 Å². The molecule has 7 nitrogen and oxygen atoms in total. The average Bonchev–Trinajstić information content (AvgIpc) is 3.23. The van der Waals surface area contributed by atoms with Crippen molar-refractivity contribution in [3.63, 3.8) is 0 Å². The molecule has 8 heteroatoms. The summed E-state index contributed by atoms with van der Waals surface area (Å²) in [7, 11) is 0. The number of hydrogen-bond acceptors (Lipinski definition) is 5. The van der Waals surface area contributed by atoms with Gasteiger partial charge in [0.1, 0.15) is 12.4 Å². The lowest BCUT2D eigenvalue weighted by atomic mass is 9.86. The van der Waals surface area contributed by atoms with Gasteiger partial charge in [-0.15, -0.1) is 11.8 Å². The van der Waals surface area contributed by atoms with Crippen LogP contribution >= 0.6 is 11.8 Å². The summed E-state index contributed by atoms with van der Waals surface area (Å²) in [6.45, 7) is 14.9. The van der Waals surface area contributed by atoms with Crippen molar-refractivity contribution in [2.75, 3.05) is 43.5 Å². The Bertz CT molecular complexity index is 1400. The first-order chi connectivity index (χ1) is 18.6. The standard InChI is InChI=1S/C31H38N4O3S/c1-20-11-12-24(22(3)17-20)35-30-27(29(32-35)31(4,5)6)28(23-10-8-7-9-21(23)2)39-19-26(37)34(30)18-25(36)33-13-15-38-16-14-33/h7-12,17,28H,13-16,18-19H2,1-6H3/t28-/m1/s1. The molecule has 2 aromatic carbocycles. The number of ether oxygens (including phenoxy) is 1. The predicted octanol–water partition coefficient (Wildman–Crippen LogP) is 5.12. The zero-order valence-electron chi connectivity index (χ0n) is 23.8. The number of hydrogen-bond donors (Lipinski definition) is 0. The van der Waals surface area contributed by atoms with Crippen LogP contribution < -0.4 is 4.90 Å². The second-order valence-corrected chi connectivity index (χ2v) is 12.7. The number of aromatic nitrogens is 2. The Kier molecular flexibility index (Phi) is 7.62. The highest BCUT2D eigenvalue weighted by molar-refractivity contribution is 8.00. The Hall–Kier alpha value is -3.10. The molecule has 0 saturated carbocycles. The molecule has 3 heterocycles. The summed E-state index contributed by atoms with van der Waals surface area (Å²) < 4.78 is 7.38. The second kappa shape index (κ2) is 10.8. The van der Waals surface area contributed by atoms with Gasteiger partial charge in [-0.25, -0.2) is 4.68 Å². The molecule has 2 aliphatic heterocycles. The smallest absolute Gasteiger partial charge is 0.242 e. The zero-order valence-corrected chi connectivity index (χ0v) is 24.6. The first-order valence-corrected chi connectivity index (χ1v) is 14.6. The molecule has 0 unspecified atom stereocenters. The van der Waals surface area contributed by atoms with E-state index < -0.39 is 0 Å². The van der Waals surface area contributed by atoms with Crippen LogP contribution in [0.5, 0.6) is 0 Å². The van der Waals surface area contributed by atoms with Gasteiger partial charge in [0.2, 0.25) is 11.8 Å². The minimum Gasteiger partial charge on any atom is -0.378 e. The van der Waals surface area contributed by atoms with Crippen LogP contribution in [0.1, 0.15) is 59.5 Å². The highest BCUT2D eigenvalue weighted by atomic mass is 32.2. The minimum atomic E-state index is -0.289. The maximum atomic E-state index is 13.9. The molecule has 1 fully saturated rings. The van der Waals surface area contributed by atoms with Gasteiger partial charge in [-0.1, -0.05) is 62.7 Å². The Morgan fingerprint density at radius 1 is 1.05 bits per heavy atom. The number of anilines is 1. The van der Waals surface area contributed by atoms with E-state index in [0.717, 1.165) is 28.1 Å². The van der Waals surface area contributed by atoms with Crippen LogP contribution in [0.2, 0.25) is 0 Å². The Morgan fingerprint density at radius 2 is 1.77 bits per heavy atom. The SMILES string of the molecule is Cc1ccc(-n2nc(C(C)(C)C)c3c2N(CC(=O)N2CCOCC2)C(=O)CS[C@@H]3c2ccccc2C)c(C)c1. The Balaban J connectivity index is 1.76. The maximum absolute atomic E-state index is 13.9. The van der Waals surface area contributed by atoms with Gasteiger partial charge in [-0.05, 0) is 43.5 Å². The quantitative estimate of drug-likeness (QED) is 0.454. The van der Waals surface area contributed by atoms with Gasteiger partial charge in [0.25, 0.3) is 0 Å². The van der Waals surface area contributed by atoms with E-state index >= 15 is 0 Å². The summed E-state index contributed by atoms with van der Waals surface area (Å²) in [5.74, 6) is 0.838. The number of thioether (sulfide) groups is 1. The van der Waals surface area contributed by atoms with E-state index in [-0.39, 0.29) is 34.8 Å². The summed E-state index contributed by atoms with van der Waals surface area (Å²) in [6.07, 6.45) is 0. The molecule has 1 aromatic heterocycles. The molecule has 0 N–H and O–H groups in total. The Morgan fingerprint density at radius 3 is 2.44 bits per heavy atom. The van der Waals surface area contributed by atoms with E-state index in [1.54, 1.807) is 21.6 Å². The van der Waals surface area contributed by atoms with E-state index in [1.807, 2.05) is 10.7 Å². The van der Waals surface area contributed by atoms with Crippen molar-refractivity contribution in [1.82, 2.24) is 14.7 Å². The van der Waals surface area contributed by atoms with Gasteiger partial charge in [0.05, 0.1) is 35.6 Å². The van der Waals surface area contributed by atoms with Crippen LogP contribution in [-0.2, 0) is 19.7 Å². The number of aryl methyl sites for hydroxylation is 3. The topological polar surface area (TPSA) is 67.7 Å². The largest absolute Gasteiger partial charge is 0.378 e. The van der Waals surface area contributed by atoms with E-state index in [9.17, 15) is 9.59 Å². The highest BCUT2D eigenvalue weighted by Gasteiger charge is 2.40. The monoisotopic (exact) mass is 546 g/mol. The number of benzene rings is 2. The molecule has 2 aliphatic rings.